The molecule has 0 saturated carbocycles. The van der Waals surface area contributed by atoms with Crippen LogP contribution in [0.4, 0.5) is 10.8 Å². The first-order valence-electron chi connectivity index (χ1n) is 5.40. The molecule has 6 heteroatoms. The van der Waals surface area contributed by atoms with Crippen molar-refractivity contribution in [2.45, 2.75) is 19.8 Å². The highest BCUT2D eigenvalue weighted by Gasteiger charge is 2.05. The number of aromatic nitrogens is 1. The number of nitrogens with one attached hydrogen (secondary N) is 2. The number of carbonyl (C=O) groups excluding carboxylic acids is 1. The fourth-order valence-corrected chi connectivity index (χ4v) is 2.27. The summed E-state index contributed by atoms with van der Waals surface area (Å²) < 4.78 is 1.03. The van der Waals surface area contributed by atoms with E-state index in [-0.39, 0.29) is 5.91 Å². The molecule has 0 fully saturated rings. The standard InChI is InChI=1S/C11H14N4OS/c1-2-3-10(16)13-7-4-5-9-8(6-7)14-11(15-12)17-9/h4-6H,2-3,12H2,1H3,(H,13,16)(H,14,15). The van der Waals surface area contributed by atoms with Crippen LogP contribution in [0.2, 0.25) is 0 Å². The number of rotatable bonds is 4. The second-order valence-corrected chi connectivity index (χ2v) is 4.67. The van der Waals surface area contributed by atoms with Crippen LogP contribution in [0.15, 0.2) is 18.2 Å². The van der Waals surface area contributed by atoms with E-state index in [1.54, 1.807) is 0 Å². The first-order chi connectivity index (χ1) is 8.22. The lowest BCUT2D eigenvalue weighted by Crippen LogP contribution is -2.10. The number of fused-ring (bicyclic) bond motifs is 1. The molecule has 1 aromatic heterocycles. The molecule has 90 valence electrons. The van der Waals surface area contributed by atoms with Crippen molar-refractivity contribution in [2.24, 2.45) is 5.84 Å². The van der Waals surface area contributed by atoms with Gasteiger partial charge in [0.05, 0.1) is 10.2 Å². The molecular weight excluding hydrogens is 236 g/mol. The average molecular weight is 250 g/mol. The Hall–Kier alpha value is -1.66. The number of benzene rings is 1. The lowest BCUT2D eigenvalue weighted by atomic mass is 10.2. The lowest BCUT2D eigenvalue weighted by molar-refractivity contribution is -0.116. The van der Waals surface area contributed by atoms with Crippen LogP contribution >= 0.6 is 11.3 Å². The van der Waals surface area contributed by atoms with Gasteiger partial charge in [-0.15, -0.1) is 0 Å². The predicted octanol–water partition coefficient (Wildman–Crippen LogP) is 2.32. The van der Waals surface area contributed by atoms with E-state index in [0.717, 1.165) is 22.3 Å². The van der Waals surface area contributed by atoms with Gasteiger partial charge in [0.25, 0.3) is 0 Å². The number of nitrogen functional groups attached to an aromatic ring is 1. The van der Waals surface area contributed by atoms with Crippen LogP contribution in [0.5, 0.6) is 0 Å². The molecule has 1 heterocycles. The number of hydrogen-bond acceptors (Lipinski definition) is 5. The van der Waals surface area contributed by atoms with Crippen molar-refractivity contribution >= 4 is 38.3 Å². The quantitative estimate of drug-likeness (QED) is 0.574. The zero-order chi connectivity index (χ0) is 12.3. The van der Waals surface area contributed by atoms with Crippen molar-refractivity contribution in [1.82, 2.24) is 4.98 Å². The molecule has 17 heavy (non-hydrogen) atoms. The van der Waals surface area contributed by atoms with E-state index in [1.165, 1.54) is 11.3 Å². The van der Waals surface area contributed by atoms with Gasteiger partial charge in [0.2, 0.25) is 5.91 Å². The minimum absolute atomic E-state index is 0.0271. The molecule has 1 aromatic carbocycles. The molecule has 0 spiro atoms. The Morgan fingerprint density at radius 2 is 2.35 bits per heavy atom. The molecule has 0 atom stereocenters. The van der Waals surface area contributed by atoms with E-state index in [9.17, 15) is 4.79 Å². The second kappa shape index (κ2) is 5.11. The van der Waals surface area contributed by atoms with Gasteiger partial charge >= 0.3 is 0 Å². The van der Waals surface area contributed by atoms with Gasteiger partial charge in [-0.1, -0.05) is 18.3 Å². The number of nitrogens with two attached hydrogens (primary N) is 1. The summed E-state index contributed by atoms with van der Waals surface area (Å²) in [4.78, 5) is 15.7. The van der Waals surface area contributed by atoms with Crippen LogP contribution in [0.3, 0.4) is 0 Å². The summed E-state index contributed by atoms with van der Waals surface area (Å²) in [5.74, 6) is 5.33. The maximum atomic E-state index is 11.4. The Morgan fingerprint density at radius 3 is 3.06 bits per heavy atom. The zero-order valence-corrected chi connectivity index (χ0v) is 10.3. The summed E-state index contributed by atoms with van der Waals surface area (Å²) in [5, 5.41) is 3.50. The molecule has 0 saturated heterocycles. The molecule has 0 radical (unpaired) electrons. The van der Waals surface area contributed by atoms with Gasteiger partial charge in [0, 0.05) is 12.1 Å². The molecule has 4 N–H and O–H groups in total. The van der Waals surface area contributed by atoms with Gasteiger partial charge in [-0.05, 0) is 24.6 Å². The highest BCUT2D eigenvalue weighted by Crippen LogP contribution is 2.27. The van der Waals surface area contributed by atoms with Gasteiger partial charge < -0.3 is 5.32 Å². The Balaban J connectivity index is 2.21. The van der Waals surface area contributed by atoms with E-state index in [4.69, 9.17) is 5.84 Å². The van der Waals surface area contributed by atoms with E-state index < -0.39 is 0 Å². The van der Waals surface area contributed by atoms with Gasteiger partial charge in [-0.25, -0.2) is 10.8 Å². The number of carbonyl (C=O) groups is 1. The summed E-state index contributed by atoms with van der Waals surface area (Å²) in [7, 11) is 0. The summed E-state index contributed by atoms with van der Waals surface area (Å²) >= 11 is 1.48. The normalized spacial score (nSPS) is 10.5. The number of hydrazine groups is 1. The lowest BCUT2D eigenvalue weighted by Gasteiger charge is -2.03. The minimum atomic E-state index is 0.0271. The third kappa shape index (κ3) is 2.72. The molecule has 0 unspecified atom stereocenters. The van der Waals surface area contributed by atoms with Crippen LogP contribution in [-0.4, -0.2) is 10.9 Å². The van der Waals surface area contributed by atoms with E-state index in [0.29, 0.717) is 11.6 Å². The summed E-state index contributed by atoms with van der Waals surface area (Å²) in [5.41, 5.74) is 4.12. The van der Waals surface area contributed by atoms with Crippen molar-refractivity contribution < 1.29 is 4.79 Å². The van der Waals surface area contributed by atoms with E-state index in [2.05, 4.69) is 15.7 Å². The molecule has 0 bridgehead atoms. The van der Waals surface area contributed by atoms with Crippen LogP contribution in [-0.2, 0) is 4.79 Å². The Labute approximate surface area is 103 Å². The van der Waals surface area contributed by atoms with Crippen molar-refractivity contribution in [2.75, 3.05) is 10.7 Å². The predicted molar refractivity (Wildman–Crippen MR) is 71.0 cm³/mol. The molecule has 0 aliphatic heterocycles. The average Bonchev–Trinajstić information content (AvgIpc) is 2.71. The Bertz CT molecular complexity index is 537. The van der Waals surface area contributed by atoms with Crippen LogP contribution < -0.4 is 16.6 Å². The molecular formula is C11H14N4OS. The Morgan fingerprint density at radius 1 is 1.53 bits per heavy atom. The van der Waals surface area contributed by atoms with Crippen LogP contribution in [0.25, 0.3) is 10.2 Å². The fraction of sp³-hybridized carbons (Fsp3) is 0.273. The summed E-state index contributed by atoms with van der Waals surface area (Å²) in [6.07, 6.45) is 1.37. The first kappa shape index (κ1) is 11.8. The van der Waals surface area contributed by atoms with Crippen molar-refractivity contribution in [1.29, 1.82) is 0 Å². The first-order valence-corrected chi connectivity index (χ1v) is 6.21. The maximum absolute atomic E-state index is 11.4. The summed E-state index contributed by atoms with van der Waals surface area (Å²) in [6.45, 7) is 1.97. The van der Waals surface area contributed by atoms with E-state index in [1.807, 2.05) is 25.1 Å². The number of amides is 1. The van der Waals surface area contributed by atoms with Crippen molar-refractivity contribution in [3.63, 3.8) is 0 Å². The van der Waals surface area contributed by atoms with Crippen molar-refractivity contribution in [3.8, 4) is 0 Å². The van der Waals surface area contributed by atoms with Crippen LogP contribution in [0, 0.1) is 0 Å². The Kier molecular flexibility index (Phi) is 3.55. The number of hydrogen-bond donors (Lipinski definition) is 3. The molecule has 1 amide bonds. The largest absolute Gasteiger partial charge is 0.326 e. The third-order valence-electron chi connectivity index (χ3n) is 2.27. The van der Waals surface area contributed by atoms with Gasteiger partial charge in [-0.3, -0.25) is 10.2 Å². The smallest absolute Gasteiger partial charge is 0.224 e. The fourth-order valence-electron chi connectivity index (χ4n) is 1.52. The van der Waals surface area contributed by atoms with Gasteiger partial charge in [0.15, 0.2) is 5.13 Å². The molecule has 5 nitrogen and oxygen atoms in total. The number of nitrogens with zero attached hydrogens (tertiary/aromatic N) is 1. The monoisotopic (exact) mass is 250 g/mol. The number of anilines is 2. The van der Waals surface area contributed by atoms with Gasteiger partial charge in [0.1, 0.15) is 0 Å². The van der Waals surface area contributed by atoms with Crippen LogP contribution in [0.1, 0.15) is 19.8 Å². The topological polar surface area (TPSA) is 80.0 Å². The third-order valence-corrected chi connectivity index (χ3v) is 3.24. The second-order valence-electron chi connectivity index (χ2n) is 3.64. The van der Waals surface area contributed by atoms with Gasteiger partial charge in [-0.2, -0.15) is 0 Å². The minimum Gasteiger partial charge on any atom is -0.326 e. The zero-order valence-electron chi connectivity index (χ0n) is 9.49. The van der Waals surface area contributed by atoms with Crippen molar-refractivity contribution in [3.05, 3.63) is 18.2 Å². The molecule has 2 rings (SSSR count). The summed E-state index contributed by atoms with van der Waals surface area (Å²) in [6, 6.07) is 5.64. The molecule has 0 aliphatic carbocycles. The number of thiazole rings is 1. The molecule has 0 aliphatic rings. The SMILES string of the molecule is CCCC(=O)Nc1ccc2sc(NN)nc2c1. The highest BCUT2D eigenvalue weighted by atomic mass is 32.1. The molecule has 2 aromatic rings. The van der Waals surface area contributed by atoms with E-state index >= 15 is 0 Å². The highest BCUT2D eigenvalue weighted by molar-refractivity contribution is 7.22. The maximum Gasteiger partial charge on any atom is 0.224 e.